The Labute approximate surface area is 164 Å². The molecule has 0 bridgehead atoms. The number of fused-ring (bicyclic) bond motifs is 1. The van der Waals surface area contributed by atoms with E-state index in [0.717, 1.165) is 39.9 Å². The lowest BCUT2D eigenvalue weighted by atomic mass is 10.1. The lowest BCUT2D eigenvalue weighted by Gasteiger charge is -2.14. The molecule has 0 fully saturated rings. The lowest BCUT2D eigenvalue weighted by molar-refractivity contribution is 0.256. The van der Waals surface area contributed by atoms with E-state index in [1.807, 2.05) is 48.7 Å². The molecule has 0 aliphatic carbocycles. The number of H-pyrrole nitrogens is 1. The molecule has 0 amide bonds. The van der Waals surface area contributed by atoms with Crippen LogP contribution in [-0.4, -0.2) is 11.5 Å². The highest BCUT2D eigenvalue weighted by atomic mass is 16.5. The minimum absolute atomic E-state index is 0.490. The molecule has 1 aromatic heterocycles. The van der Waals surface area contributed by atoms with Crippen molar-refractivity contribution in [2.45, 2.75) is 19.6 Å². The van der Waals surface area contributed by atoms with E-state index in [0.29, 0.717) is 19.8 Å². The van der Waals surface area contributed by atoms with Gasteiger partial charge >= 0.3 is 0 Å². The van der Waals surface area contributed by atoms with Gasteiger partial charge in [0.25, 0.3) is 0 Å². The molecule has 0 radical (unpaired) electrons. The molecule has 0 aliphatic heterocycles. The van der Waals surface area contributed by atoms with E-state index in [1.165, 1.54) is 5.56 Å². The predicted molar refractivity (Wildman–Crippen MR) is 113 cm³/mol. The first-order valence-electron chi connectivity index (χ1n) is 9.51. The summed E-state index contributed by atoms with van der Waals surface area (Å²) in [7, 11) is 0. The molecule has 28 heavy (non-hydrogen) atoms. The van der Waals surface area contributed by atoms with Gasteiger partial charge in [0.05, 0.1) is 0 Å². The fourth-order valence-corrected chi connectivity index (χ4v) is 3.25. The lowest BCUT2D eigenvalue weighted by Crippen LogP contribution is -2.02. The number of aromatic nitrogens is 1. The Balaban J connectivity index is 1.62. The number of rotatable bonds is 8. The summed E-state index contributed by atoms with van der Waals surface area (Å²) in [6.07, 6.45) is 2.84. The van der Waals surface area contributed by atoms with E-state index >= 15 is 0 Å². The van der Waals surface area contributed by atoms with Crippen molar-refractivity contribution in [1.82, 2.24) is 4.98 Å². The zero-order chi connectivity index (χ0) is 19.2. The average Bonchev–Trinajstić information content (AvgIpc) is 3.14. The predicted octanol–water partition coefficient (Wildman–Crippen LogP) is 4.83. The fraction of sp³-hybridized carbons (Fsp3) is 0.167. The van der Waals surface area contributed by atoms with Gasteiger partial charge in [-0.1, -0.05) is 60.7 Å². The molecule has 4 rings (SSSR count). The topological polar surface area (TPSA) is 60.3 Å². The van der Waals surface area contributed by atoms with Crippen molar-refractivity contribution in [3.63, 3.8) is 0 Å². The van der Waals surface area contributed by atoms with Crippen LogP contribution in [0.25, 0.3) is 10.9 Å². The summed E-state index contributed by atoms with van der Waals surface area (Å²) >= 11 is 0. The summed E-state index contributed by atoms with van der Waals surface area (Å²) in [6, 6.07) is 24.3. The molecule has 142 valence electrons. The van der Waals surface area contributed by atoms with E-state index in [1.54, 1.807) is 0 Å². The van der Waals surface area contributed by atoms with Gasteiger partial charge < -0.3 is 20.2 Å². The summed E-state index contributed by atoms with van der Waals surface area (Å²) in [6.45, 7) is 1.59. The molecular formula is C24H24N2O2. The Bertz CT molecular complexity index is 1030. The zero-order valence-corrected chi connectivity index (χ0v) is 15.7. The van der Waals surface area contributed by atoms with Gasteiger partial charge in [-0.2, -0.15) is 0 Å². The van der Waals surface area contributed by atoms with Crippen molar-refractivity contribution in [2.75, 3.05) is 6.54 Å². The van der Waals surface area contributed by atoms with E-state index in [2.05, 4.69) is 35.3 Å². The normalized spacial score (nSPS) is 10.9. The van der Waals surface area contributed by atoms with Crippen molar-refractivity contribution in [3.8, 4) is 11.5 Å². The van der Waals surface area contributed by atoms with Gasteiger partial charge in [0.2, 0.25) is 0 Å². The van der Waals surface area contributed by atoms with Gasteiger partial charge in [0.1, 0.15) is 13.2 Å². The summed E-state index contributed by atoms with van der Waals surface area (Å²) < 4.78 is 12.3. The summed E-state index contributed by atoms with van der Waals surface area (Å²) in [5.41, 5.74) is 10.2. The van der Waals surface area contributed by atoms with Crippen LogP contribution in [0, 0.1) is 0 Å². The summed E-state index contributed by atoms with van der Waals surface area (Å²) in [5.74, 6) is 1.47. The number of ether oxygens (including phenoxy) is 2. The second-order valence-electron chi connectivity index (χ2n) is 6.75. The number of nitrogens with one attached hydrogen (secondary N) is 1. The molecule has 4 nitrogen and oxygen atoms in total. The number of hydrogen-bond acceptors (Lipinski definition) is 3. The first kappa shape index (κ1) is 18.1. The van der Waals surface area contributed by atoms with Crippen molar-refractivity contribution in [3.05, 3.63) is 95.7 Å². The highest BCUT2D eigenvalue weighted by Crippen LogP contribution is 2.35. The fourth-order valence-electron chi connectivity index (χ4n) is 3.25. The Hall–Kier alpha value is -3.24. The molecule has 4 heteroatoms. The molecular weight excluding hydrogens is 348 g/mol. The van der Waals surface area contributed by atoms with Crippen LogP contribution < -0.4 is 15.2 Å². The van der Waals surface area contributed by atoms with Crippen LogP contribution in [-0.2, 0) is 19.6 Å². The molecule has 3 aromatic carbocycles. The Kier molecular flexibility index (Phi) is 5.59. The highest BCUT2D eigenvalue weighted by Gasteiger charge is 2.12. The molecule has 0 saturated heterocycles. The van der Waals surface area contributed by atoms with Crippen LogP contribution >= 0.6 is 0 Å². The van der Waals surface area contributed by atoms with E-state index in [4.69, 9.17) is 15.2 Å². The molecule has 0 saturated carbocycles. The van der Waals surface area contributed by atoms with Crippen LogP contribution in [0.2, 0.25) is 0 Å². The third-order valence-corrected chi connectivity index (χ3v) is 4.72. The standard InChI is InChI=1S/C24H24N2O2/c25-12-11-20-15-26-22-14-24(28-17-19-9-5-2-6-10-19)23(13-21(20)22)27-16-18-7-3-1-4-8-18/h1-10,13-15,26H,11-12,16-17,25H2. The minimum Gasteiger partial charge on any atom is -0.485 e. The van der Waals surface area contributed by atoms with Gasteiger partial charge in [-0.25, -0.2) is 0 Å². The first-order chi connectivity index (χ1) is 13.8. The molecule has 0 unspecified atom stereocenters. The van der Waals surface area contributed by atoms with Crippen LogP contribution in [0.1, 0.15) is 16.7 Å². The molecule has 0 spiro atoms. The molecule has 0 atom stereocenters. The quantitative estimate of drug-likeness (QED) is 0.466. The number of aromatic amines is 1. The van der Waals surface area contributed by atoms with Gasteiger partial charge in [0, 0.05) is 23.2 Å². The van der Waals surface area contributed by atoms with Crippen molar-refractivity contribution >= 4 is 10.9 Å². The van der Waals surface area contributed by atoms with Crippen molar-refractivity contribution in [2.24, 2.45) is 5.73 Å². The van der Waals surface area contributed by atoms with Crippen molar-refractivity contribution in [1.29, 1.82) is 0 Å². The maximum Gasteiger partial charge on any atom is 0.163 e. The smallest absolute Gasteiger partial charge is 0.163 e. The van der Waals surface area contributed by atoms with Gasteiger partial charge in [-0.3, -0.25) is 0 Å². The maximum absolute atomic E-state index is 6.15. The van der Waals surface area contributed by atoms with Crippen LogP contribution in [0.4, 0.5) is 0 Å². The monoisotopic (exact) mass is 372 g/mol. The largest absolute Gasteiger partial charge is 0.485 e. The first-order valence-corrected chi connectivity index (χ1v) is 9.51. The Morgan fingerprint density at radius 3 is 1.89 bits per heavy atom. The molecule has 3 N–H and O–H groups in total. The zero-order valence-electron chi connectivity index (χ0n) is 15.7. The van der Waals surface area contributed by atoms with E-state index in [9.17, 15) is 0 Å². The van der Waals surface area contributed by atoms with Gasteiger partial charge in [0.15, 0.2) is 11.5 Å². The third kappa shape index (κ3) is 4.18. The third-order valence-electron chi connectivity index (χ3n) is 4.72. The molecule has 1 heterocycles. The Morgan fingerprint density at radius 2 is 1.32 bits per heavy atom. The van der Waals surface area contributed by atoms with Crippen LogP contribution in [0.15, 0.2) is 79.0 Å². The van der Waals surface area contributed by atoms with Gasteiger partial charge in [-0.15, -0.1) is 0 Å². The van der Waals surface area contributed by atoms with Crippen LogP contribution in [0.3, 0.4) is 0 Å². The van der Waals surface area contributed by atoms with Crippen LogP contribution in [0.5, 0.6) is 11.5 Å². The van der Waals surface area contributed by atoms with Crippen molar-refractivity contribution < 1.29 is 9.47 Å². The average molecular weight is 372 g/mol. The van der Waals surface area contributed by atoms with E-state index < -0.39 is 0 Å². The summed E-state index contributed by atoms with van der Waals surface area (Å²) in [4.78, 5) is 3.32. The summed E-state index contributed by atoms with van der Waals surface area (Å²) in [5, 5.41) is 1.13. The second kappa shape index (κ2) is 8.63. The van der Waals surface area contributed by atoms with E-state index in [-0.39, 0.29) is 0 Å². The minimum atomic E-state index is 0.490. The maximum atomic E-state index is 6.15. The Morgan fingerprint density at radius 1 is 0.750 bits per heavy atom. The number of nitrogens with two attached hydrogens (primary N) is 1. The second-order valence-corrected chi connectivity index (χ2v) is 6.75. The highest BCUT2D eigenvalue weighted by molar-refractivity contribution is 5.86. The molecule has 4 aromatic rings. The van der Waals surface area contributed by atoms with Gasteiger partial charge in [-0.05, 0) is 35.7 Å². The number of benzene rings is 3. The number of hydrogen-bond donors (Lipinski definition) is 2. The SMILES string of the molecule is NCCc1c[nH]c2cc(OCc3ccccc3)c(OCc3ccccc3)cc12. The molecule has 0 aliphatic rings.